The number of piperazine rings is 1. The van der Waals surface area contributed by atoms with Gasteiger partial charge in [0, 0.05) is 37.9 Å². The summed E-state index contributed by atoms with van der Waals surface area (Å²) in [6.07, 6.45) is 0. The van der Waals surface area contributed by atoms with Gasteiger partial charge >= 0.3 is 6.03 Å². The van der Waals surface area contributed by atoms with Crippen LogP contribution in [0, 0.1) is 6.92 Å². The molecule has 7 nitrogen and oxygen atoms in total. The lowest BCUT2D eigenvalue weighted by molar-refractivity contribution is 0.136. The van der Waals surface area contributed by atoms with E-state index in [1.54, 1.807) is 7.11 Å². The number of aryl methyl sites for hydroxylation is 1. The summed E-state index contributed by atoms with van der Waals surface area (Å²) in [5.74, 6) is 1.44. The molecule has 0 aliphatic carbocycles. The molecule has 0 unspecified atom stereocenters. The van der Waals surface area contributed by atoms with Crippen LogP contribution in [0.3, 0.4) is 0 Å². The first-order chi connectivity index (χ1) is 13.6. The van der Waals surface area contributed by atoms with Crippen LogP contribution in [0.1, 0.15) is 11.5 Å². The van der Waals surface area contributed by atoms with Crippen LogP contribution in [0.15, 0.2) is 46.9 Å². The molecule has 1 fully saturated rings. The van der Waals surface area contributed by atoms with E-state index in [0.29, 0.717) is 19.6 Å². The molecule has 7 heteroatoms. The van der Waals surface area contributed by atoms with Crippen LogP contribution in [-0.2, 0) is 6.54 Å². The van der Waals surface area contributed by atoms with Crippen LogP contribution in [0.4, 0.5) is 10.5 Å². The van der Waals surface area contributed by atoms with Gasteiger partial charge in [-0.15, -0.1) is 0 Å². The number of anilines is 1. The maximum Gasteiger partial charge on any atom is 0.321 e. The van der Waals surface area contributed by atoms with Crippen molar-refractivity contribution in [3.8, 4) is 5.75 Å². The van der Waals surface area contributed by atoms with Gasteiger partial charge in [0.1, 0.15) is 11.3 Å². The van der Waals surface area contributed by atoms with E-state index in [-0.39, 0.29) is 6.03 Å². The average Bonchev–Trinajstić information content (AvgIpc) is 3.10. The van der Waals surface area contributed by atoms with Crippen molar-refractivity contribution in [2.24, 2.45) is 0 Å². The van der Waals surface area contributed by atoms with Crippen molar-refractivity contribution in [2.75, 3.05) is 38.6 Å². The average molecular weight is 380 g/mol. The zero-order chi connectivity index (χ0) is 19.5. The Morgan fingerprint density at radius 3 is 2.79 bits per heavy atom. The summed E-state index contributed by atoms with van der Waals surface area (Å²) in [6.45, 7) is 5.58. The number of fused-ring (bicyclic) bond motifs is 1. The second-order valence-corrected chi connectivity index (χ2v) is 7.00. The minimum absolute atomic E-state index is 0.0924. The molecule has 1 N–H and O–H groups in total. The van der Waals surface area contributed by atoms with Crippen LogP contribution >= 0.6 is 0 Å². The second-order valence-electron chi connectivity index (χ2n) is 7.00. The Morgan fingerprint density at radius 2 is 2.00 bits per heavy atom. The number of oxazole rings is 1. The molecular weight excluding hydrogens is 356 g/mol. The second kappa shape index (κ2) is 7.90. The largest absolute Gasteiger partial charge is 0.497 e. The SMILES string of the molecule is COc1cccc(NC(=O)N2CCN(Cc3nc4ccc(C)cc4o3)CC2)c1. The molecule has 1 aromatic heterocycles. The number of nitrogens with one attached hydrogen (secondary N) is 1. The number of carbonyl (C=O) groups is 1. The molecule has 2 aromatic carbocycles. The third-order valence-electron chi connectivity index (χ3n) is 4.93. The fourth-order valence-electron chi connectivity index (χ4n) is 3.35. The van der Waals surface area contributed by atoms with Crippen LogP contribution in [-0.4, -0.2) is 54.1 Å². The van der Waals surface area contributed by atoms with Gasteiger partial charge in [-0.1, -0.05) is 12.1 Å². The number of hydrogen-bond acceptors (Lipinski definition) is 5. The molecule has 0 atom stereocenters. The van der Waals surface area contributed by atoms with Crippen molar-refractivity contribution in [3.05, 3.63) is 53.9 Å². The molecular formula is C21H24N4O3. The van der Waals surface area contributed by atoms with Gasteiger partial charge in [0.25, 0.3) is 0 Å². The van der Waals surface area contributed by atoms with Crippen molar-refractivity contribution in [1.29, 1.82) is 0 Å². The molecule has 2 amide bonds. The van der Waals surface area contributed by atoms with Crippen molar-refractivity contribution < 1.29 is 13.9 Å². The Bertz CT molecular complexity index is 977. The smallest absolute Gasteiger partial charge is 0.321 e. The van der Waals surface area contributed by atoms with Gasteiger partial charge in [0.2, 0.25) is 5.89 Å². The summed E-state index contributed by atoms with van der Waals surface area (Å²) in [6, 6.07) is 13.3. The normalized spacial score (nSPS) is 15.0. The molecule has 1 aliphatic rings. The van der Waals surface area contributed by atoms with Crippen LogP contribution < -0.4 is 10.1 Å². The number of hydrogen-bond donors (Lipinski definition) is 1. The molecule has 1 aliphatic heterocycles. The number of carbonyl (C=O) groups excluding carboxylic acids is 1. The van der Waals surface area contributed by atoms with Crippen LogP contribution in [0.2, 0.25) is 0 Å². The third-order valence-corrected chi connectivity index (χ3v) is 4.93. The van der Waals surface area contributed by atoms with Gasteiger partial charge in [-0.05, 0) is 36.8 Å². The summed E-state index contributed by atoms with van der Waals surface area (Å²) < 4.78 is 11.1. The monoisotopic (exact) mass is 380 g/mol. The van der Waals surface area contributed by atoms with E-state index < -0.39 is 0 Å². The molecule has 1 saturated heterocycles. The van der Waals surface area contributed by atoms with Crippen molar-refractivity contribution >= 4 is 22.8 Å². The van der Waals surface area contributed by atoms with E-state index in [4.69, 9.17) is 9.15 Å². The molecule has 0 bridgehead atoms. The minimum Gasteiger partial charge on any atom is -0.497 e. The lowest BCUT2D eigenvalue weighted by Crippen LogP contribution is -2.49. The van der Waals surface area contributed by atoms with Crippen molar-refractivity contribution in [1.82, 2.24) is 14.8 Å². The summed E-state index contributed by atoms with van der Waals surface area (Å²) in [4.78, 5) is 21.1. The lowest BCUT2D eigenvalue weighted by Gasteiger charge is -2.34. The summed E-state index contributed by atoms with van der Waals surface area (Å²) in [7, 11) is 1.61. The Kier molecular flexibility index (Phi) is 5.16. The maximum atomic E-state index is 12.5. The molecule has 2 heterocycles. The van der Waals surface area contributed by atoms with Gasteiger partial charge in [0.05, 0.1) is 13.7 Å². The summed E-state index contributed by atoms with van der Waals surface area (Å²) in [5, 5.41) is 2.93. The number of rotatable bonds is 4. The lowest BCUT2D eigenvalue weighted by atomic mass is 10.2. The highest BCUT2D eigenvalue weighted by Gasteiger charge is 2.22. The number of amides is 2. The third kappa shape index (κ3) is 4.09. The van der Waals surface area contributed by atoms with Gasteiger partial charge in [-0.25, -0.2) is 9.78 Å². The molecule has 0 saturated carbocycles. The number of aromatic nitrogens is 1. The number of ether oxygens (including phenoxy) is 1. The standard InChI is InChI=1S/C21H24N4O3/c1-15-6-7-18-19(12-15)28-20(23-18)14-24-8-10-25(11-9-24)21(26)22-16-4-3-5-17(13-16)27-2/h3-7,12-13H,8-11,14H2,1-2H3,(H,22,26). The Morgan fingerprint density at radius 1 is 1.18 bits per heavy atom. The number of benzene rings is 2. The van der Waals surface area contributed by atoms with Crippen LogP contribution in [0.5, 0.6) is 5.75 Å². The Hall–Kier alpha value is -3.06. The predicted molar refractivity (Wildman–Crippen MR) is 108 cm³/mol. The van der Waals surface area contributed by atoms with E-state index in [9.17, 15) is 4.79 Å². The zero-order valence-corrected chi connectivity index (χ0v) is 16.1. The fourth-order valence-corrected chi connectivity index (χ4v) is 3.35. The summed E-state index contributed by atoms with van der Waals surface area (Å²) in [5.41, 5.74) is 3.60. The highest BCUT2D eigenvalue weighted by Crippen LogP contribution is 2.20. The first-order valence-corrected chi connectivity index (χ1v) is 9.39. The molecule has 0 radical (unpaired) electrons. The Balaban J connectivity index is 1.31. The van der Waals surface area contributed by atoms with Crippen LogP contribution in [0.25, 0.3) is 11.1 Å². The van der Waals surface area contributed by atoms with Gasteiger partial charge < -0.3 is 19.4 Å². The van der Waals surface area contributed by atoms with Crippen molar-refractivity contribution in [3.63, 3.8) is 0 Å². The number of nitrogens with zero attached hydrogens (tertiary/aromatic N) is 3. The quantitative estimate of drug-likeness (QED) is 0.750. The van der Waals surface area contributed by atoms with Gasteiger partial charge in [0.15, 0.2) is 5.58 Å². The van der Waals surface area contributed by atoms with E-state index in [1.165, 1.54) is 0 Å². The van der Waals surface area contributed by atoms with Crippen molar-refractivity contribution in [2.45, 2.75) is 13.5 Å². The highest BCUT2D eigenvalue weighted by atomic mass is 16.5. The van der Waals surface area contributed by atoms with E-state index in [2.05, 4.69) is 15.2 Å². The highest BCUT2D eigenvalue weighted by molar-refractivity contribution is 5.89. The topological polar surface area (TPSA) is 70.8 Å². The summed E-state index contributed by atoms with van der Waals surface area (Å²) >= 11 is 0. The van der Waals surface area contributed by atoms with Gasteiger partial charge in [-0.3, -0.25) is 4.90 Å². The molecule has 146 valence electrons. The van der Waals surface area contributed by atoms with E-state index in [0.717, 1.165) is 47.1 Å². The van der Waals surface area contributed by atoms with E-state index in [1.807, 2.05) is 54.3 Å². The first-order valence-electron chi connectivity index (χ1n) is 9.39. The number of urea groups is 1. The van der Waals surface area contributed by atoms with Gasteiger partial charge in [-0.2, -0.15) is 0 Å². The first kappa shape index (κ1) is 18.3. The molecule has 3 aromatic rings. The minimum atomic E-state index is -0.0924. The number of methoxy groups -OCH3 is 1. The van der Waals surface area contributed by atoms with E-state index >= 15 is 0 Å². The molecule has 0 spiro atoms. The zero-order valence-electron chi connectivity index (χ0n) is 16.1. The fraction of sp³-hybridized carbons (Fsp3) is 0.333. The maximum absolute atomic E-state index is 12.5. The Labute approximate surface area is 163 Å². The molecule has 4 rings (SSSR count). The predicted octanol–water partition coefficient (Wildman–Crippen LogP) is 3.49. The molecule has 28 heavy (non-hydrogen) atoms.